The number of aromatic nitrogens is 3. The van der Waals surface area contributed by atoms with Crippen LogP contribution in [0, 0.1) is 0 Å². The Bertz CT molecular complexity index is 340. The fourth-order valence-corrected chi connectivity index (χ4v) is 2.44. The Balaban J connectivity index is 1.94. The van der Waals surface area contributed by atoms with Crippen LogP contribution < -0.4 is 0 Å². The third-order valence-corrected chi connectivity index (χ3v) is 3.45. The van der Waals surface area contributed by atoms with Crippen LogP contribution in [0.1, 0.15) is 43.8 Å². The Labute approximate surface area is 102 Å². The number of nitrogens with zero attached hydrogens (tertiary/aromatic N) is 3. The molecule has 1 heterocycles. The molecule has 0 spiro atoms. The number of hydrogen-bond acceptors (Lipinski definition) is 4. The molecule has 1 N–H and O–H groups in total. The van der Waals surface area contributed by atoms with E-state index in [2.05, 4.69) is 10.3 Å². The van der Waals surface area contributed by atoms with E-state index in [-0.39, 0.29) is 6.61 Å². The number of aryl methyl sites for hydroxylation is 1. The maximum atomic E-state index is 8.78. The molecule has 5 nitrogen and oxygen atoms in total. The summed E-state index contributed by atoms with van der Waals surface area (Å²) >= 11 is 0. The summed E-state index contributed by atoms with van der Waals surface area (Å²) in [5.41, 5.74) is 0.971. The second-order valence-corrected chi connectivity index (χ2v) is 4.70. The predicted octanol–water partition coefficient (Wildman–Crippen LogP) is 1.33. The van der Waals surface area contributed by atoms with Crippen molar-refractivity contribution in [2.24, 2.45) is 0 Å². The largest absolute Gasteiger partial charge is 0.396 e. The van der Waals surface area contributed by atoms with Crippen LogP contribution in [0.5, 0.6) is 0 Å². The van der Waals surface area contributed by atoms with Gasteiger partial charge in [0.1, 0.15) is 0 Å². The first-order chi connectivity index (χ1) is 8.33. The van der Waals surface area contributed by atoms with Crippen molar-refractivity contribution in [1.82, 2.24) is 15.0 Å². The molecule has 17 heavy (non-hydrogen) atoms. The van der Waals surface area contributed by atoms with E-state index < -0.39 is 0 Å². The van der Waals surface area contributed by atoms with E-state index in [0.717, 1.165) is 37.8 Å². The molecule has 0 aliphatic heterocycles. The van der Waals surface area contributed by atoms with Gasteiger partial charge in [-0.1, -0.05) is 5.21 Å². The number of methoxy groups -OCH3 is 1. The molecule has 1 aromatic rings. The Kier molecular flexibility index (Phi) is 4.50. The van der Waals surface area contributed by atoms with E-state index in [1.165, 1.54) is 6.42 Å². The fraction of sp³-hybridized carbons (Fsp3) is 0.833. The minimum Gasteiger partial charge on any atom is -0.396 e. The summed E-state index contributed by atoms with van der Waals surface area (Å²) in [6.07, 6.45) is 8.45. The third kappa shape index (κ3) is 3.26. The lowest BCUT2D eigenvalue weighted by molar-refractivity contribution is 0.0504. The lowest BCUT2D eigenvalue weighted by Crippen LogP contribution is -2.24. The van der Waals surface area contributed by atoms with Gasteiger partial charge >= 0.3 is 0 Å². The van der Waals surface area contributed by atoms with Crippen molar-refractivity contribution >= 4 is 0 Å². The van der Waals surface area contributed by atoms with E-state index in [0.29, 0.717) is 12.1 Å². The first-order valence-electron chi connectivity index (χ1n) is 6.38. The molecule has 96 valence electrons. The van der Waals surface area contributed by atoms with Crippen molar-refractivity contribution in [3.05, 3.63) is 11.9 Å². The maximum absolute atomic E-state index is 8.78. The number of aliphatic hydroxyl groups is 1. The third-order valence-electron chi connectivity index (χ3n) is 3.45. The SMILES string of the molecule is COC1CCCC(n2cc(CCCO)nn2)C1. The number of ether oxygens (including phenoxy) is 1. The van der Waals surface area contributed by atoms with Crippen molar-refractivity contribution in [3.8, 4) is 0 Å². The Morgan fingerprint density at radius 2 is 2.41 bits per heavy atom. The van der Waals surface area contributed by atoms with Crippen molar-refractivity contribution in [2.75, 3.05) is 13.7 Å². The number of rotatable bonds is 5. The molecule has 1 aromatic heterocycles. The summed E-state index contributed by atoms with van der Waals surface area (Å²) in [4.78, 5) is 0. The number of hydrogen-bond donors (Lipinski definition) is 1. The predicted molar refractivity (Wildman–Crippen MR) is 63.7 cm³/mol. The highest BCUT2D eigenvalue weighted by Crippen LogP contribution is 2.29. The molecule has 1 saturated carbocycles. The normalized spacial score (nSPS) is 25.1. The van der Waals surface area contributed by atoms with Crippen LogP contribution in [0.25, 0.3) is 0 Å². The van der Waals surface area contributed by atoms with Gasteiger partial charge in [-0.25, -0.2) is 4.68 Å². The Morgan fingerprint density at radius 1 is 1.53 bits per heavy atom. The zero-order chi connectivity index (χ0) is 12.1. The zero-order valence-corrected chi connectivity index (χ0v) is 10.4. The van der Waals surface area contributed by atoms with Crippen LogP contribution in [0.2, 0.25) is 0 Å². The van der Waals surface area contributed by atoms with Gasteiger partial charge in [-0.05, 0) is 38.5 Å². The molecule has 5 heteroatoms. The lowest BCUT2D eigenvalue weighted by Gasteiger charge is -2.27. The van der Waals surface area contributed by atoms with Crippen molar-refractivity contribution < 1.29 is 9.84 Å². The molecule has 2 rings (SSSR count). The van der Waals surface area contributed by atoms with Gasteiger partial charge in [-0.3, -0.25) is 0 Å². The van der Waals surface area contributed by atoms with Gasteiger partial charge in [-0.2, -0.15) is 0 Å². The molecule has 2 unspecified atom stereocenters. The smallest absolute Gasteiger partial charge is 0.0828 e. The molecule has 1 fully saturated rings. The minimum absolute atomic E-state index is 0.210. The molecule has 0 aromatic carbocycles. The topological polar surface area (TPSA) is 60.2 Å². The molecular weight excluding hydrogens is 218 g/mol. The second kappa shape index (κ2) is 6.12. The van der Waals surface area contributed by atoms with Crippen molar-refractivity contribution in [2.45, 2.75) is 50.7 Å². The quantitative estimate of drug-likeness (QED) is 0.842. The van der Waals surface area contributed by atoms with E-state index in [4.69, 9.17) is 9.84 Å². The van der Waals surface area contributed by atoms with Crippen LogP contribution >= 0.6 is 0 Å². The van der Waals surface area contributed by atoms with Gasteiger partial charge < -0.3 is 9.84 Å². The molecule has 0 amide bonds. The highest BCUT2D eigenvalue weighted by molar-refractivity contribution is 4.94. The van der Waals surface area contributed by atoms with E-state index in [1.807, 2.05) is 10.9 Å². The highest BCUT2D eigenvalue weighted by atomic mass is 16.5. The van der Waals surface area contributed by atoms with Gasteiger partial charge in [0.2, 0.25) is 0 Å². The molecule has 1 aliphatic carbocycles. The Hall–Kier alpha value is -0.940. The van der Waals surface area contributed by atoms with Gasteiger partial charge in [-0.15, -0.1) is 5.10 Å². The monoisotopic (exact) mass is 239 g/mol. The first-order valence-corrected chi connectivity index (χ1v) is 6.38. The first kappa shape index (κ1) is 12.5. The Morgan fingerprint density at radius 3 is 3.18 bits per heavy atom. The molecule has 1 aliphatic rings. The molecule has 0 bridgehead atoms. The van der Waals surface area contributed by atoms with Crippen LogP contribution in [0.3, 0.4) is 0 Å². The van der Waals surface area contributed by atoms with E-state index in [1.54, 1.807) is 7.11 Å². The van der Waals surface area contributed by atoms with Crippen LogP contribution in [-0.4, -0.2) is 39.9 Å². The van der Waals surface area contributed by atoms with E-state index in [9.17, 15) is 0 Å². The standard InChI is InChI=1S/C12H21N3O2/c1-17-12-6-2-5-11(8-12)15-9-10(13-14-15)4-3-7-16/h9,11-12,16H,2-8H2,1H3. The number of aliphatic hydroxyl groups excluding tert-OH is 1. The molecule has 0 saturated heterocycles. The highest BCUT2D eigenvalue weighted by Gasteiger charge is 2.23. The summed E-state index contributed by atoms with van der Waals surface area (Å²) in [6.45, 7) is 0.210. The average Bonchev–Trinajstić information content (AvgIpc) is 2.85. The maximum Gasteiger partial charge on any atom is 0.0828 e. The second-order valence-electron chi connectivity index (χ2n) is 4.70. The van der Waals surface area contributed by atoms with Gasteiger partial charge in [0, 0.05) is 19.9 Å². The molecular formula is C12H21N3O2. The summed E-state index contributed by atoms with van der Waals surface area (Å²) in [5, 5.41) is 17.1. The van der Waals surface area contributed by atoms with Gasteiger partial charge in [0.25, 0.3) is 0 Å². The summed E-state index contributed by atoms with van der Waals surface area (Å²) in [5.74, 6) is 0. The van der Waals surface area contributed by atoms with Crippen LogP contribution in [0.15, 0.2) is 6.20 Å². The summed E-state index contributed by atoms with van der Waals surface area (Å²) < 4.78 is 7.39. The van der Waals surface area contributed by atoms with Crippen LogP contribution in [-0.2, 0) is 11.2 Å². The molecule has 0 radical (unpaired) electrons. The average molecular weight is 239 g/mol. The van der Waals surface area contributed by atoms with E-state index >= 15 is 0 Å². The fourth-order valence-electron chi connectivity index (χ4n) is 2.44. The summed E-state index contributed by atoms with van der Waals surface area (Å²) in [7, 11) is 1.78. The van der Waals surface area contributed by atoms with Crippen molar-refractivity contribution in [1.29, 1.82) is 0 Å². The zero-order valence-electron chi connectivity index (χ0n) is 10.4. The van der Waals surface area contributed by atoms with Crippen LogP contribution in [0.4, 0.5) is 0 Å². The van der Waals surface area contributed by atoms with Crippen molar-refractivity contribution in [3.63, 3.8) is 0 Å². The summed E-state index contributed by atoms with van der Waals surface area (Å²) in [6, 6.07) is 0.420. The van der Waals surface area contributed by atoms with Gasteiger partial charge in [0.05, 0.1) is 17.8 Å². The molecule has 2 atom stereocenters. The van der Waals surface area contributed by atoms with Gasteiger partial charge in [0.15, 0.2) is 0 Å². The lowest BCUT2D eigenvalue weighted by atomic mass is 9.93. The minimum atomic E-state index is 0.210.